The number of hydrogen-bond acceptors (Lipinski definition) is 5. The Bertz CT molecular complexity index is 686. The molecule has 0 amide bonds. The van der Waals surface area contributed by atoms with Crippen molar-refractivity contribution in [3.8, 4) is 11.4 Å². The maximum Gasteiger partial charge on any atom is 0.335 e. The highest BCUT2D eigenvalue weighted by Gasteiger charge is 2.18. The molecule has 0 fully saturated rings. The van der Waals surface area contributed by atoms with E-state index in [-0.39, 0.29) is 11.5 Å². The third-order valence-electron chi connectivity index (χ3n) is 3.00. The lowest BCUT2D eigenvalue weighted by molar-refractivity contribution is 0.0697. The van der Waals surface area contributed by atoms with Crippen LogP contribution in [-0.2, 0) is 0 Å². The molecule has 6 heteroatoms. The van der Waals surface area contributed by atoms with Gasteiger partial charge in [-0.15, -0.1) is 0 Å². The van der Waals surface area contributed by atoms with E-state index in [0.717, 1.165) is 6.42 Å². The number of rotatable bonds is 3. The molecule has 1 aromatic heterocycles. The van der Waals surface area contributed by atoms with Crippen molar-refractivity contribution < 1.29 is 14.4 Å². The SMILES string of the molecule is O=C(O)c1ccc(-c2noc(C3C=NC=CC3)n2)cc1. The summed E-state index contributed by atoms with van der Waals surface area (Å²) >= 11 is 0. The summed E-state index contributed by atoms with van der Waals surface area (Å²) in [6.45, 7) is 0. The molecule has 6 nitrogen and oxygen atoms in total. The smallest absolute Gasteiger partial charge is 0.335 e. The maximum atomic E-state index is 10.8. The summed E-state index contributed by atoms with van der Waals surface area (Å²) in [6, 6.07) is 6.34. The van der Waals surface area contributed by atoms with E-state index in [2.05, 4.69) is 15.1 Å². The zero-order valence-corrected chi connectivity index (χ0v) is 10.4. The second-order valence-corrected chi connectivity index (χ2v) is 4.36. The van der Waals surface area contributed by atoms with E-state index < -0.39 is 5.97 Å². The second kappa shape index (κ2) is 5.08. The van der Waals surface area contributed by atoms with Gasteiger partial charge in [0.05, 0.1) is 11.5 Å². The zero-order valence-electron chi connectivity index (χ0n) is 10.4. The number of nitrogens with zero attached hydrogens (tertiary/aromatic N) is 3. The van der Waals surface area contributed by atoms with Gasteiger partial charge in [-0.2, -0.15) is 4.98 Å². The van der Waals surface area contributed by atoms with Gasteiger partial charge in [0.2, 0.25) is 11.7 Å². The van der Waals surface area contributed by atoms with Crippen LogP contribution in [0.1, 0.15) is 28.6 Å². The van der Waals surface area contributed by atoms with Crippen LogP contribution in [0, 0.1) is 0 Å². The lowest BCUT2D eigenvalue weighted by Crippen LogP contribution is -2.01. The topological polar surface area (TPSA) is 88.6 Å². The minimum atomic E-state index is -0.962. The van der Waals surface area contributed by atoms with Crippen LogP contribution in [0.4, 0.5) is 0 Å². The lowest BCUT2D eigenvalue weighted by atomic mass is 10.1. The Labute approximate surface area is 114 Å². The van der Waals surface area contributed by atoms with Gasteiger partial charge in [-0.05, 0) is 18.6 Å². The van der Waals surface area contributed by atoms with Crippen LogP contribution in [0.5, 0.6) is 0 Å². The highest BCUT2D eigenvalue weighted by atomic mass is 16.5. The molecule has 1 N–H and O–H groups in total. The average molecular weight is 269 g/mol. The monoisotopic (exact) mass is 269 g/mol. The quantitative estimate of drug-likeness (QED) is 0.924. The van der Waals surface area contributed by atoms with Crippen molar-refractivity contribution in [2.45, 2.75) is 12.3 Å². The Balaban J connectivity index is 1.84. The van der Waals surface area contributed by atoms with Crippen molar-refractivity contribution in [1.29, 1.82) is 0 Å². The van der Waals surface area contributed by atoms with E-state index in [1.54, 1.807) is 24.5 Å². The third-order valence-corrected chi connectivity index (χ3v) is 3.00. The molecule has 2 heterocycles. The molecule has 2 aromatic rings. The number of carboxylic acid groups (broad SMARTS) is 1. The summed E-state index contributed by atoms with van der Waals surface area (Å²) < 4.78 is 5.23. The van der Waals surface area contributed by atoms with Crippen LogP contribution in [0.25, 0.3) is 11.4 Å². The van der Waals surface area contributed by atoms with E-state index >= 15 is 0 Å². The molecule has 0 spiro atoms. The Kier molecular flexibility index (Phi) is 3.12. The first-order chi connectivity index (χ1) is 9.74. The summed E-state index contributed by atoms with van der Waals surface area (Å²) in [5.74, 6) is -0.00889. The van der Waals surface area contributed by atoms with E-state index in [0.29, 0.717) is 17.3 Å². The van der Waals surface area contributed by atoms with Gasteiger partial charge in [0.15, 0.2) is 0 Å². The second-order valence-electron chi connectivity index (χ2n) is 4.36. The summed E-state index contributed by atoms with van der Waals surface area (Å²) in [5, 5.41) is 12.8. The molecule has 3 rings (SSSR count). The number of aromatic nitrogens is 2. The molecule has 100 valence electrons. The highest BCUT2D eigenvalue weighted by molar-refractivity contribution is 5.88. The standard InChI is InChI=1S/C14H11N3O3/c18-14(19)10-5-3-9(4-6-10)12-16-13(20-17-12)11-2-1-7-15-8-11/h1,3-8,11H,2H2,(H,18,19). The Morgan fingerprint density at radius 3 is 2.75 bits per heavy atom. The number of carbonyl (C=O) groups is 1. The first-order valence-electron chi connectivity index (χ1n) is 6.09. The van der Waals surface area contributed by atoms with Crippen molar-refractivity contribution in [1.82, 2.24) is 10.1 Å². The number of allylic oxidation sites excluding steroid dienone is 1. The summed E-state index contributed by atoms with van der Waals surface area (Å²) in [5.41, 5.74) is 0.940. The minimum Gasteiger partial charge on any atom is -0.478 e. The van der Waals surface area contributed by atoms with Gasteiger partial charge in [0.1, 0.15) is 0 Å². The van der Waals surface area contributed by atoms with Crippen LogP contribution < -0.4 is 0 Å². The van der Waals surface area contributed by atoms with E-state index in [9.17, 15) is 4.79 Å². The normalized spacial score (nSPS) is 17.3. The van der Waals surface area contributed by atoms with Crippen molar-refractivity contribution >= 4 is 12.2 Å². The summed E-state index contributed by atoms with van der Waals surface area (Å²) in [6.07, 6.45) is 6.22. The largest absolute Gasteiger partial charge is 0.478 e. The third kappa shape index (κ3) is 2.35. The van der Waals surface area contributed by atoms with E-state index in [1.165, 1.54) is 12.1 Å². The Morgan fingerprint density at radius 2 is 2.10 bits per heavy atom. The van der Waals surface area contributed by atoms with Gasteiger partial charge in [0, 0.05) is 18.0 Å². The molecule has 20 heavy (non-hydrogen) atoms. The van der Waals surface area contributed by atoms with Crippen LogP contribution >= 0.6 is 0 Å². The molecule has 1 aliphatic rings. The van der Waals surface area contributed by atoms with Crippen molar-refractivity contribution in [2.75, 3.05) is 0 Å². The maximum absolute atomic E-state index is 10.8. The summed E-state index contributed by atoms with van der Waals surface area (Å²) in [7, 11) is 0. The van der Waals surface area contributed by atoms with Gasteiger partial charge in [-0.25, -0.2) is 4.79 Å². The fraction of sp³-hybridized carbons (Fsp3) is 0.143. The minimum absolute atomic E-state index is 0.000423. The molecule has 0 bridgehead atoms. The van der Waals surface area contributed by atoms with Gasteiger partial charge in [-0.1, -0.05) is 23.4 Å². The predicted octanol–water partition coefficient (Wildman–Crippen LogP) is 2.51. The van der Waals surface area contributed by atoms with Gasteiger partial charge in [0.25, 0.3) is 0 Å². The molecule has 0 saturated carbocycles. The molecule has 1 atom stereocenters. The molecule has 1 aromatic carbocycles. The van der Waals surface area contributed by atoms with Gasteiger partial charge >= 0.3 is 5.97 Å². The number of benzene rings is 1. The first-order valence-corrected chi connectivity index (χ1v) is 6.09. The highest BCUT2D eigenvalue weighted by Crippen LogP contribution is 2.23. The van der Waals surface area contributed by atoms with Crippen LogP contribution in [0.15, 0.2) is 46.1 Å². The van der Waals surface area contributed by atoms with Crippen LogP contribution in [0.2, 0.25) is 0 Å². The fourth-order valence-corrected chi connectivity index (χ4v) is 1.91. The molecule has 0 saturated heterocycles. The number of hydrogen-bond donors (Lipinski definition) is 1. The average Bonchev–Trinajstić information content (AvgIpc) is 2.98. The first kappa shape index (κ1) is 12.3. The molecular formula is C14H11N3O3. The van der Waals surface area contributed by atoms with Crippen molar-refractivity contribution in [2.24, 2.45) is 4.99 Å². The number of aromatic carboxylic acids is 1. The van der Waals surface area contributed by atoms with Crippen molar-refractivity contribution in [3.05, 3.63) is 48.0 Å². The van der Waals surface area contributed by atoms with Crippen LogP contribution in [-0.4, -0.2) is 27.4 Å². The van der Waals surface area contributed by atoms with Gasteiger partial charge < -0.3 is 9.63 Å². The van der Waals surface area contributed by atoms with E-state index in [4.69, 9.17) is 9.63 Å². The van der Waals surface area contributed by atoms with Crippen LogP contribution in [0.3, 0.4) is 0 Å². The van der Waals surface area contributed by atoms with Gasteiger partial charge in [-0.3, -0.25) is 4.99 Å². The molecule has 0 radical (unpaired) electrons. The molecule has 1 aliphatic heterocycles. The van der Waals surface area contributed by atoms with Crippen molar-refractivity contribution in [3.63, 3.8) is 0 Å². The molecule has 0 aliphatic carbocycles. The molecule has 1 unspecified atom stereocenters. The summed E-state index contributed by atoms with van der Waals surface area (Å²) in [4.78, 5) is 19.2. The number of aliphatic imine (C=N–C) groups is 1. The fourth-order valence-electron chi connectivity index (χ4n) is 1.91. The number of carboxylic acids is 1. The lowest BCUT2D eigenvalue weighted by Gasteiger charge is -2.05. The molecular weight excluding hydrogens is 258 g/mol. The Morgan fingerprint density at radius 1 is 1.30 bits per heavy atom. The predicted molar refractivity (Wildman–Crippen MR) is 71.7 cm³/mol. The Hall–Kier alpha value is -2.76. The zero-order chi connectivity index (χ0) is 13.9. The van der Waals surface area contributed by atoms with E-state index in [1.807, 2.05) is 6.08 Å².